The quantitative estimate of drug-likeness (QED) is 0.886. The van der Waals surface area contributed by atoms with Crippen LogP contribution in [0.2, 0.25) is 0 Å². The molecule has 6 heteroatoms. The second kappa shape index (κ2) is 7.40. The lowest BCUT2D eigenvalue weighted by Crippen LogP contribution is -2.44. The van der Waals surface area contributed by atoms with Gasteiger partial charge in [0, 0.05) is 38.3 Å². The van der Waals surface area contributed by atoms with Gasteiger partial charge in [0.05, 0.1) is 12.8 Å². The van der Waals surface area contributed by atoms with Gasteiger partial charge in [-0.1, -0.05) is 26.8 Å². The van der Waals surface area contributed by atoms with E-state index in [2.05, 4.69) is 49.0 Å². The maximum atomic E-state index is 11.4. The first-order valence-electron chi connectivity index (χ1n) is 8.39. The minimum Gasteiger partial charge on any atom is -0.494 e. The van der Waals surface area contributed by atoms with Gasteiger partial charge in [0.1, 0.15) is 5.75 Å². The van der Waals surface area contributed by atoms with E-state index in [0.717, 1.165) is 43.9 Å². The lowest BCUT2D eigenvalue weighted by molar-refractivity contribution is 0.147. The van der Waals surface area contributed by atoms with Crippen LogP contribution in [0.15, 0.2) is 12.1 Å². The van der Waals surface area contributed by atoms with Gasteiger partial charge < -0.3 is 20.7 Å². The fourth-order valence-electron chi connectivity index (χ4n) is 2.95. The van der Waals surface area contributed by atoms with Gasteiger partial charge in [-0.2, -0.15) is 0 Å². The number of methoxy groups -OCH3 is 1. The number of urea groups is 1. The van der Waals surface area contributed by atoms with Crippen LogP contribution in [0.4, 0.5) is 10.5 Å². The third-order valence-electron chi connectivity index (χ3n) is 4.48. The maximum absolute atomic E-state index is 11.4. The van der Waals surface area contributed by atoms with Crippen LogP contribution in [0, 0.1) is 0 Å². The minimum absolute atomic E-state index is 0.0305. The zero-order chi connectivity index (χ0) is 17.9. The van der Waals surface area contributed by atoms with E-state index in [-0.39, 0.29) is 5.41 Å². The van der Waals surface area contributed by atoms with Crippen molar-refractivity contribution in [2.45, 2.75) is 32.7 Å². The van der Waals surface area contributed by atoms with Gasteiger partial charge in [0.2, 0.25) is 0 Å². The zero-order valence-corrected chi connectivity index (χ0v) is 15.5. The monoisotopic (exact) mass is 334 g/mol. The molecule has 1 saturated heterocycles. The summed E-state index contributed by atoms with van der Waals surface area (Å²) in [6, 6.07) is 3.56. The number of carbonyl (C=O) groups is 1. The number of nitrogens with one attached hydrogen (secondary N) is 1. The van der Waals surface area contributed by atoms with Crippen molar-refractivity contribution in [3.8, 4) is 5.75 Å². The van der Waals surface area contributed by atoms with Gasteiger partial charge in [-0.25, -0.2) is 4.79 Å². The molecule has 1 heterocycles. The Bertz CT molecular complexity index is 587. The summed E-state index contributed by atoms with van der Waals surface area (Å²) in [5, 5.41) is 2.71. The summed E-state index contributed by atoms with van der Waals surface area (Å²) in [6.45, 7) is 11.4. The molecule has 0 aromatic heterocycles. The molecule has 1 aromatic rings. The molecule has 3 N–H and O–H groups in total. The third kappa shape index (κ3) is 4.61. The third-order valence-corrected chi connectivity index (χ3v) is 4.48. The van der Waals surface area contributed by atoms with Crippen LogP contribution < -0.4 is 15.8 Å². The molecular weight excluding hydrogens is 304 g/mol. The van der Waals surface area contributed by atoms with Crippen LogP contribution in [0.1, 0.15) is 31.9 Å². The Morgan fingerprint density at radius 1 is 1.25 bits per heavy atom. The van der Waals surface area contributed by atoms with E-state index in [1.54, 1.807) is 7.11 Å². The number of ether oxygens (including phenoxy) is 1. The highest BCUT2D eigenvalue weighted by Crippen LogP contribution is 2.36. The number of likely N-dealkylation sites (N-methyl/N-ethyl adjacent to an activating group) is 1. The van der Waals surface area contributed by atoms with Crippen molar-refractivity contribution in [3.05, 3.63) is 23.3 Å². The second-order valence-electron chi connectivity index (χ2n) is 7.53. The first kappa shape index (κ1) is 18.5. The first-order chi connectivity index (χ1) is 11.2. The molecule has 1 fully saturated rings. The molecule has 0 spiro atoms. The van der Waals surface area contributed by atoms with Gasteiger partial charge in [0.25, 0.3) is 0 Å². The number of carbonyl (C=O) groups excluding carboxylic acids is 1. The number of nitrogens with two attached hydrogens (primary N) is 1. The van der Waals surface area contributed by atoms with Gasteiger partial charge >= 0.3 is 6.03 Å². The molecule has 0 saturated carbocycles. The molecule has 6 nitrogen and oxygen atoms in total. The average molecular weight is 334 g/mol. The number of hydrogen-bond donors (Lipinski definition) is 2. The number of primary amides is 1. The van der Waals surface area contributed by atoms with Crippen LogP contribution >= 0.6 is 0 Å². The molecule has 0 radical (unpaired) electrons. The van der Waals surface area contributed by atoms with Gasteiger partial charge in [0.15, 0.2) is 0 Å². The van der Waals surface area contributed by atoms with Crippen LogP contribution in [0.5, 0.6) is 5.75 Å². The van der Waals surface area contributed by atoms with Gasteiger partial charge in [-0.05, 0) is 24.1 Å². The minimum atomic E-state index is -0.579. The van der Waals surface area contributed by atoms with Crippen molar-refractivity contribution in [2.24, 2.45) is 5.73 Å². The summed E-state index contributed by atoms with van der Waals surface area (Å²) in [4.78, 5) is 16.1. The molecule has 0 aliphatic carbocycles. The van der Waals surface area contributed by atoms with Crippen molar-refractivity contribution in [3.63, 3.8) is 0 Å². The Morgan fingerprint density at radius 2 is 1.88 bits per heavy atom. The summed E-state index contributed by atoms with van der Waals surface area (Å²) >= 11 is 0. The molecule has 2 rings (SSSR count). The summed E-state index contributed by atoms with van der Waals surface area (Å²) < 4.78 is 5.60. The molecule has 2 amide bonds. The Balaban J connectivity index is 2.37. The highest BCUT2D eigenvalue weighted by Gasteiger charge is 2.22. The van der Waals surface area contributed by atoms with E-state index in [1.807, 2.05) is 6.07 Å². The fraction of sp³-hybridized carbons (Fsp3) is 0.611. The molecule has 0 atom stereocenters. The van der Waals surface area contributed by atoms with Crippen LogP contribution in [-0.2, 0) is 12.0 Å². The van der Waals surface area contributed by atoms with Crippen molar-refractivity contribution < 1.29 is 9.53 Å². The number of rotatable bonds is 4. The predicted molar refractivity (Wildman–Crippen MR) is 97.7 cm³/mol. The standard InChI is InChI=1S/C18H30N4O2/c1-18(2,3)14-10-13(12-22-8-6-21(4)7-9-22)16(24-5)15(11-14)20-17(19)23/h10-11H,6-9,12H2,1-5H3,(H3,19,20,23). The first-order valence-corrected chi connectivity index (χ1v) is 8.39. The number of piperazine rings is 1. The smallest absolute Gasteiger partial charge is 0.316 e. The highest BCUT2D eigenvalue weighted by molar-refractivity contribution is 5.90. The molecule has 24 heavy (non-hydrogen) atoms. The number of benzene rings is 1. The van der Waals surface area contributed by atoms with Crippen LogP contribution in [0.3, 0.4) is 0 Å². The molecule has 0 bridgehead atoms. The molecule has 134 valence electrons. The van der Waals surface area contributed by atoms with Crippen LogP contribution in [-0.4, -0.2) is 56.2 Å². The number of nitrogens with zero attached hydrogens (tertiary/aromatic N) is 2. The Kier molecular flexibility index (Phi) is 5.72. The number of anilines is 1. The fourth-order valence-corrected chi connectivity index (χ4v) is 2.95. The summed E-state index contributed by atoms with van der Waals surface area (Å²) in [5.74, 6) is 0.695. The van der Waals surface area contributed by atoms with Crippen molar-refractivity contribution >= 4 is 11.7 Å². The number of hydrogen-bond acceptors (Lipinski definition) is 4. The SMILES string of the molecule is COc1c(CN2CCN(C)CC2)cc(C(C)(C)C)cc1NC(N)=O. The Labute approximate surface area is 144 Å². The van der Waals surface area contributed by atoms with E-state index in [4.69, 9.17) is 10.5 Å². The summed E-state index contributed by atoms with van der Waals surface area (Å²) in [5.41, 5.74) is 8.18. The molecular formula is C18H30N4O2. The highest BCUT2D eigenvalue weighted by atomic mass is 16.5. The predicted octanol–water partition coefficient (Wildman–Crippen LogP) is 2.23. The van der Waals surface area contributed by atoms with E-state index < -0.39 is 6.03 Å². The zero-order valence-electron chi connectivity index (χ0n) is 15.5. The van der Waals surface area contributed by atoms with Crippen molar-refractivity contribution in [1.82, 2.24) is 9.80 Å². The molecule has 1 aliphatic heterocycles. The topological polar surface area (TPSA) is 70.8 Å². The van der Waals surface area contributed by atoms with Gasteiger partial charge in [-0.3, -0.25) is 4.90 Å². The normalized spacial score (nSPS) is 16.9. The Hall–Kier alpha value is -1.79. The van der Waals surface area contributed by atoms with E-state index in [1.165, 1.54) is 0 Å². The maximum Gasteiger partial charge on any atom is 0.316 e. The lowest BCUT2D eigenvalue weighted by Gasteiger charge is -2.33. The largest absolute Gasteiger partial charge is 0.494 e. The van der Waals surface area contributed by atoms with E-state index >= 15 is 0 Å². The number of amides is 2. The average Bonchev–Trinajstić information content (AvgIpc) is 2.48. The summed E-state index contributed by atoms with van der Waals surface area (Å²) in [6.07, 6.45) is 0. The van der Waals surface area contributed by atoms with Gasteiger partial charge in [-0.15, -0.1) is 0 Å². The lowest BCUT2D eigenvalue weighted by atomic mass is 9.85. The summed E-state index contributed by atoms with van der Waals surface area (Å²) in [7, 11) is 3.78. The molecule has 0 unspecified atom stereocenters. The molecule has 1 aliphatic rings. The van der Waals surface area contributed by atoms with Crippen LogP contribution in [0.25, 0.3) is 0 Å². The van der Waals surface area contributed by atoms with Crippen molar-refractivity contribution in [1.29, 1.82) is 0 Å². The van der Waals surface area contributed by atoms with Crippen molar-refractivity contribution in [2.75, 3.05) is 45.7 Å². The van der Waals surface area contributed by atoms with E-state index in [0.29, 0.717) is 11.4 Å². The van der Waals surface area contributed by atoms with E-state index in [9.17, 15) is 4.79 Å². The Morgan fingerprint density at radius 3 is 2.38 bits per heavy atom. The second-order valence-corrected chi connectivity index (χ2v) is 7.53. The molecule has 1 aromatic carbocycles.